The number of methoxy groups -OCH3 is 1. The van der Waals surface area contributed by atoms with Crippen LogP contribution in [0.15, 0.2) is 18.2 Å². The summed E-state index contributed by atoms with van der Waals surface area (Å²) in [7, 11) is 1.60. The minimum absolute atomic E-state index is 0.00347. The highest BCUT2D eigenvalue weighted by Crippen LogP contribution is 2.21. The number of hydrogen-bond donors (Lipinski definition) is 1. The van der Waals surface area contributed by atoms with Crippen LogP contribution in [-0.4, -0.2) is 55.4 Å². The highest BCUT2D eigenvalue weighted by molar-refractivity contribution is 5.80. The number of aryl methyl sites for hydroxylation is 1. The van der Waals surface area contributed by atoms with Gasteiger partial charge in [0.2, 0.25) is 5.91 Å². The molecule has 1 aliphatic rings. The quantitative estimate of drug-likeness (QED) is 0.884. The molecule has 5 nitrogen and oxygen atoms in total. The first-order valence-corrected chi connectivity index (χ1v) is 6.77. The second kappa shape index (κ2) is 6.72. The van der Waals surface area contributed by atoms with Crippen molar-refractivity contribution in [3.8, 4) is 5.75 Å². The Balaban J connectivity index is 2.12. The molecule has 1 unspecified atom stereocenters. The zero-order valence-corrected chi connectivity index (χ0v) is 12.0. The molecule has 0 spiro atoms. The minimum Gasteiger partial charge on any atom is -0.496 e. The highest BCUT2D eigenvalue weighted by atomic mass is 16.5. The van der Waals surface area contributed by atoms with Crippen molar-refractivity contribution >= 4 is 5.91 Å². The lowest BCUT2D eigenvalue weighted by atomic mass is 10.1. The van der Waals surface area contributed by atoms with E-state index in [1.807, 2.05) is 25.1 Å². The lowest BCUT2D eigenvalue weighted by Crippen LogP contribution is -2.51. The number of amides is 1. The average Bonchev–Trinajstić information content (AvgIpc) is 2.47. The number of carbonyl (C=O) groups is 1. The summed E-state index contributed by atoms with van der Waals surface area (Å²) in [5, 5.41) is 9.32. The van der Waals surface area contributed by atoms with Crippen molar-refractivity contribution in [1.82, 2.24) is 4.90 Å². The van der Waals surface area contributed by atoms with Gasteiger partial charge in [0.1, 0.15) is 5.75 Å². The number of aliphatic hydroxyl groups is 1. The minimum atomic E-state index is -0.243. The van der Waals surface area contributed by atoms with E-state index >= 15 is 0 Å². The van der Waals surface area contributed by atoms with Gasteiger partial charge in [0.25, 0.3) is 0 Å². The number of ether oxygens (including phenoxy) is 2. The predicted molar refractivity (Wildman–Crippen MR) is 74.8 cm³/mol. The molecule has 1 aromatic rings. The number of carbonyl (C=O) groups excluding carboxylic acids is 1. The van der Waals surface area contributed by atoms with Crippen LogP contribution in [0, 0.1) is 6.92 Å². The normalized spacial score (nSPS) is 18.9. The van der Waals surface area contributed by atoms with Crippen LogP contribution in [-0.2, 0) is 16.0 Å². The van der Waals surface area contributed by atoms with E-state index < -0.39 is 0 Å². The summed E-state index contributed by atoms with van der Waals surface area (Å²) >= 11 is 0. The predicted octanol–water partition coefficient (Wildman–Crippen LogP) is 0.766. The Morgan fingerprint density at radius 1 is 1.55 bits per heavy atom. The van der Waals surface area contributed by atoms with Gasteiger partial charge >= 0.3 is 0 Å². The summed E-state index contributed by atoms with van der Waals surface area (Å²) in [4.78, 5) is 14.1. The molecule has 1 aliphatic heterocycles. The molecule has 20 heavy (non-hydrogen) atoms. The number of morpholine rings is 1. The van der Waals surface area contributed by atoms with Gasteiger partial charge in [0, 0.05) is 12.1 Å². The fourth-order valence-corrected chi connectivity index (χ4v) is 2.44. The second-order valence-electron chi connectivity index (χ2n) is 4.99. The van der Waals surface area contributed by atoms with Crippen LogP contribution in [0.5, 0.6) is 5.75 Å². The smallest absolute Gasteiger partial charge is 0.227 e. The van der Waals surface area contributed by atoms with Crippen molar-refractivity contribution in [2.45, 2.75) is 19.4 Å². The fraction of sp³-hybridized carbons (Fsp3) is 0.533. The summed E-state index contributed by atoms with van der Waals surface area (Å²) in [6.07, 6.45) is 0.279. The van der Waals surface area contributed by atoms with Gasteiger partial charge < -0.3 is 19.5 Å². The monoisotopic (exact) mass is 279 g/mol. The van der Waals surface area contributed by atoms with E-state index in [0.717, 1.165) is 16.9 Å². The van der Waals surface area contributed by atoms with Gasteiger partial charge in [-0.25, -0.2) is 0 Å². The zero-order valence-electron chi connectivity index (χ0n) is 12.0. The summed E-state index contributed by atoms with van der Waals surface area (Å²) < 4.78 is 10.6. The summed E-state index contributed by atoms with van der Waals surface area (Å²) in [6, 6.07) is 5.55. The third kappa shape index (κ3) is 3.29. The van der Waals surface area contributed by atoms with Crippen molar-refractivity contribution in [3.05, 3.63) is 29.3 Å². The molecule has 1 fully saturated rings. The molecule has 2 rings (SSSR count). The Morgan fingerprint density at radius 2 is 2.35 bits per heavy atom. The molecule has 1 amide bonds. The molecule has 1 heterocycles. The SMILES string of the molecule is COc1ccc(C)cc1CC(=O)N1CCOCC1CO. The van der Waals surface area contributed by atoms with Crippen molar-refractivity contribution in [2.24, 2.45) is 0 Å². The largest absolute Gasteiger partial charge is 0.496 e. The van der Waals surface area contributed by atoms with Gasteiger partial charge in [0.15, 0.2) is 0 Å². The van der Waals surface area contributed by atoms with Crippen LogP contribution >= 0.6 is 0 Å². The zero-order chi connectivity index (χ0) is 14.5. The van der Waals surface area contributed by atoms with E-state index in [2.05, 4.69) is 0 Å². The first-order chi connectivity index (χ1) is 9.65. The summed E-state index contributed by atoms with van der Waals surface area (Å²) in [5.41, 5.74) is 1.97. The van der Waals surface area contributed by atoms with Gasteiger partial charge in [-0.3, -0.25) is 4.79 Å². The van der Waals surface area contributed by atoms with Crippen molar-refractivity contribution in [1.29, 1.82) is 0 Å². The number of benzene rings is 1. The Morgan fingerprint density at radius 3 is 3.05 bits per heavy atom. The Bertz CT molecular complexity index is 475. The van der Waals surface area contributed by atoms with Crippen LogP contribution < -0.4 is 4.74 Å². The van der Waals surface area contributed by atoms with Crippen LogP contribution in [0.25, 0.3) is 0 Å². The maximum atomic E-state index is 12.4. The molecule has 0 saturated carbocycles. The molecule has 1 atom stereocenters. The third-order valence-electron chi connectivity index (χ3n) is 3.54. The first-order valence-electron chi connectivity index (χ1n) is 6.77. The van der Waals surface area contributed by atoms with Crippen LogP contribution in [0.2, 0.25) is 0 Å². The molecule has 0 aromatic heterocycles. The third-order valence-corrected chi connectivity index (χ3v) is 3.54. The van der Waals surface area contributed by atoms with E-state index in [1.54, 1.807) is 12.0 Å². The number of nitrogens with zero attached hydrogens (tertiary/aromatic N) is 1. The molecule has 0 bridgehead atoms. The number of hydrogen-bond acceptors (Lipinski definition) is 4. The van der Waals surface area contributed by atoms with Gasteiger partial charge in [-0.2, -0.15) is 0 Å². The first kappa shape index (κ1) is 14.8. The lowest BCUT2D eigenvalue weighted by Gasteiger charge is -2.34. The molecule has 1 aromatic carbocycles. The molecule has 1 N–H and O–H groups in total. The van der Waals surface area contributed by atoms with Gasteiger partial charge in [-0.1, -0.05) is 17.7 Å². The van der Waals surface area contributed by atoms with E-state index in [0.29, 0.717) is 19.8 Å². The van der Waals surface area contributed by atoms with Crippen LogP contribution in [0.1, 0.15) is 11.1 Å². The molecule has 0 aliphatic carbocycles. The van der Waals surface area contributed by atoms with Gasteiger partial charge in [-0.05, 0) is 13.0 Å². The van der Waals surface area contributed by atoms with Crippen LogP contribution in [0.4, 0.5) is 0 Å². The maximum absolute atomic E-state index is 12.4. The maximum Gasteiger partial charge on any atom is 0.227 e. The van der Waals surface area contributed by atoms with E-state index in [-0.39, 0.29) is 25.0 Å². The molecule has 5 heteroatoms. The summed E-state index contributed by atoms with van der Waals surface area (Å²) in [5.74, 6) is 0.717. The lowest BCUT2D eigenvalue weighted by molar-refractivity contribution is -0.140. The summed E-state index contributed by atoms with van der Waals surface area (Å²) in [6.45, 7) is 3.36. The molecular weight excluding hydrogens is 258 g/mol. The van der Waals surface area contributed by atoms with E-state index in [1.165, 1.54) is 0 Å². The van der Waals surface area contributed by atoms with Crippen molar-refractivity contribution in [2.75, 3.05) is 33.5 Å². The van der Waals surface area contributed by atoms with Gasteiger partial charge in [0.05, 0.1) is 39.4 Å². The Kier molecular flexibility index (Phi) is 4.98. The molecular formula is C15H21NO4. The van der Waals surface area contributed by atoms with Crippen LogP contribution in [0.3, 0.4) is 0 Å². The standard InChI is InChI=1S/C15H21NO4/c1-11-3-4-14(19-2)12(7-11)8-15(18)16-5-6-20-10-13(16)9-17/h3-4,7,13,17H,5-6,8-10H2,1-2H3. The average molecular weight is 279 g/mol. The van der Waals surface area contributed by atoms with Gasteiger partial charge in [-0.15, -0.1) is 0 Å². The Labute approximate surface area is 119 Å². The van der Waals surface area contributed by atoms with E-state index in [9.17, 15) is 9.90 Å². The second-order valence-corrected chi connectivity index (χ2v) is 4.99. The van der Waals surface area contributed by atoms with E-state index in [4.69, 9.17) is 9.47 Å². The highest BCUT2D eigenvalue weighted by Gasteiger charge is 2.27. The number of rotatable bonds is 4. The van der Waals surface area contributed by atoms with Crippen molar-refractivity contribution < 1.29 is 19.4 Å². The van der Waals surface area contributed by atoms with Crippen molar-refractivity contribution in [3.63, 3.8) is 0 Å². The molecule has 0 radical (unpaired) electrons. The number of aliphatic hydroxyl groups excluding tert-OH is 1. The Hall–Kier alpha value is -1.59. The molecule has 1 saturated heterocycles. The molecule has 110 valence electrons. The fourth-order valence-electron chi connectivity index (χ4n) is 2.44. The topological polar surface area (TPSA) is 59.0 Å².